The van der Waals surface area contributed by atoms with Crippen molar-refractivity contribution in [2.45, 2.75) is 13.0 Å². The second-order valence-electron chi connectivity index (χ2n) is 5.24. The average Bonchev–Trinajstić information content (AvgIpc) is 2.56. The van der Waals surface area contributed by atoms with E-state index in [0.717, 1.165) is 9.80 Å². The summed E-state index contributed by atoms with van der Waals surface area (Å²) in [7, 11) is 2.59. The third-order valence-corrected chi connectivity index (χ3v) is 3.50. The maximum atomic E-state index is 12.1. The van der Waals surface area contributed by atoms with E-state index >= 15 is 0 Å². The van der Waals surface area contributed by atoms with Crippen LogP contribution in [0.1, 0.15) is 12.5 Å². The number of hydrogen-bond donors (Lipinski definition) is 1. The number of imide groups is 2. The molecule has 1 saturated heterocycles. The number of likely N-dealkylation sites (N-methyl/N-ethyl adjacent to an activating group) is 2. The van der Waals surface area contributed by atoms with Crippen molar-refractivity contribution in [2.75, 3.05) is 14.1 Å². The van der Waals surface area contributed by atoms with Gasteiger partial charge in [-0.05, 0) is 30.7 Å². The molecule has 0 saturated carbocycles. The van der Waals surface area contributed by atoms with Gasteiger partial charge in [-0.1, -0.05) is 12.1 Å². The molecule has 0 bridgehead atoms. The molecule has 1 heterocycles. The summed E-state index contributed by atoms with van der Waals surface area (Å²) < 4.78 is 5.20. The van der Waals surface area contributed by atoms with Gasteiger partial charge in [-0.3, -0.25) is 19.4 Å². The van der Waals surface area contributed by atoms with Gasteiger partial charge in [0.1, 0.15) is 11.3 Å². The number of urea groups is 1. The van der Waals surface area contributed by atoms with Crippen LogP contribution in [0.15, 0.2) is 29.8 Å². The van der Waals surface area contributed by atoms with E-state index in [0.29, 0.717) is 11.3 Å². The van der Waals surface area contributed by atoms with Crippen LogP contribution in [0.2, 0.25) is 0 Å². The summed E-state index contributed by atoms with van der Waals surface area (Å²) in [6.07, 6.45) is 0.373. The third kappa shape index (κ3) is 3.27. The summed E-state index contributed by atoms with van der Waals surface area (Å²) in [5.74, 6) is -2.10. The molecule has 0 unspecified atom stereocenters. The highest BCUT2D eigenvalue weighted by Gasteiger charge is 2.37. The molecule has 0 radical (unpaired) electrons. The van der Waals surface area contributed by atoms with Gasteiger partial charge in [0.25, 0.3) is 11.8 Å². The molecular weight excluding hydrogens is 316 g/mol. The minimum absolute atomic E-state index is 0.132. The molecule has 1 aromatic carbocycles. The minimum atomic E-state index is -1.09. The van der Waals surface area contributed by atoms with Crippen molar-refractivity contribution in [3.63, 3.8) is 0 Å². The molecule has 1 aliphatic heterocycles. The van der Waals surface area contributed by atoms with Gasteiger partial charge in [0.05, 0.1) is 0 Å². The summed E-state index contributed by atoms with van der Waals surface area (Å²) in [6, 6.07) is 5.53. The molecule has 1 atom stereocenters. The number of amides is 4. The van der Waals surface area contributed by atoms with Gasteiger partial charge in [-0.15, -0.1) is 0 Å². The van der Waals surface area contributed by atoms with Gasteiger partial charge in [0.2, 0.25) is 0 Å². The summed E-state index contributed by atoms with van der Waals surface area (Å²) in [5.41, 5.74) is 0.408. The fraction of sp³-hybridized carbons (Fsp3) is 0.250. The van der Waals surface area contributed by atoms with Crippen LogP contribution in [0.4, 0.5) is 4.79 Å². The maximum Gasteiger partial charge on any atom is 0.344 e. The van der Waals surface area contributed by atoms with E-state index in [1.165, 1.54) is 39.2 Å². The molecule has 1 N–H and O–H groups in total. The van der Waals surface area contributed by atoms with E-state index in [1.54, 1.807) is 12.1 Å². The van der Waals surface area contributed by atoms with Crippen molar-refractivity contribution in [2.24, 2.45) is 0 Å². The smallest absolute Gasteiger partial charge is 0.344 e. The van der Waals surface area contributed by atoms with Gasteiger partial charge in [0.15, 0.2) is 6.10 Å². The summed E-state index contributed by atoms with van der Waals surface area (Å²) in [6.45, 7) is 1.40. The average molecular weight is 332 g/mol. The first kappa shape index (κ1) is 17.2. The zero-order valence-electron chi connectivity index (χ0n) is 13.3. The van der Waals surface area contributed by atoms with Crippen molar-refractivity contribution in [3.8, 4) is 5.75 Å². The number of rotatable bonds is 4. The molecule has 24 heavy (non-hydrogen) atoms. The lowest BCUT2D eigenvalue weighted by Crippen LogP contribution is -2.52. The molecule has 1 fully saturated rings. The number of carbonyl (C=O) groups excluding carboxylic acids is 3. The molecule has 0 aromatic heterocycles. The number of benzene rings is 1. The number of carboxylic acids is 1. The van der Waals surface area contributed by atoms with E-state index in [1.807, 2.05) is 0 Å². The number of carbonyl (C=O) groups is 4. The molecule has 8 nitrogen and oxygen atoms in total. The van der Waals surface area contributed by atoms with Crippen LogP contribution in [0.5, 0.6) is 5.75 Å². The van der Waals surface area contributed by atoms with Crippen molar-refractivity contribution >= 4 is 29.9 Å². The number of hydrogen-bond acceptors (Lipinski definition) is 5. The predicted molar refractivity (Wildman–Crippen MR) is 83.1 cm³/mol. The van der Waals surface area contributed by atoms with Crippen molar-refractivity contribution in [1.82, 2.24) is 9.80 Å². The molecular formula is C16H16N2O6. The Labute approximate surface area is 137 Å². The second kappa shape index (κ2) is 6.53. The highest BCUT2D eigenvalue weighted by molar-refractivity contribution is 6.30. The molecule has 0 aliphatic carbocycles. The first-order valence-electron chi connectivity index (χ1n) is 7.03. The molecule has 8 heteroatoms. The molecule has 0 spiro atoms. The van der Waals surface area contributed by atoms with E-state index in [9.17, 15) is 19.2 Å². The Hall–Kier alpha value is -3.16. The number of aliphatic carboxylic acids is 1. The van der Waals surface area contributed by atoms with E-state index in [2.05, 4.69) is 0 Å². The quantitative estimate of drug-likeness (QED) is 0.651. The molecule has 126 valence electrons. The van der Waals surface area contributed by atoms with Crippen molar-refractivity contribution < 1.29 is 29.0 Å². The first-order chi connectivity index (χ1) is 11.2. The van der Waals surface area contributed by atoms with Crippen LogP contribution in [0, 0.1) is 0 Å². The zero-order chi connectivity index (χ0) is 18.0. The molecule has 2 rings (SSSR count). The van der Waals surface area contributed by atoms with Gasteiger partial charge in [-0.25, -0.2) is 9.59 Å². The zero-order valence-corrected chi connectivity index (χ0v) is 13.3. The maximum absolute atomic E-state index is 12.1. The van der Waals surface area contributed by atoms with Gasteiger partial charge >= 0.3 is 12.0 Å². The first-order valence-corrected chi connectivity index (χ1v) is 7.03. The number of carboxylic acid groups (broad SMARTS) is 1. The Morgan fingerprint density at radius 2 is 1.58 bits per heavy atom. The van der Waals surface area contributed by atoms with E-state index < -0.39 is 29.9 Å². The fourth-order valence-corrected chi connectivity index (χ4v) is 2.04. The standard InChI is InChI=1S/C16H16N2O6/c1-9(15(21)22)24-11-6-4-10(5-7-11)8-12-13(19)17(2)16(23)18(3)14(12)20/h4-9H,1-3H3,(H,21,22)/t9-/m1/s1. The Kier molecular flexibility index (Phi) is 4.68. The van der Waals surface area contributed by atoms with Crippen LogP contribution in [0.25, 0.3) is 6.08 Å². The lowest BCUT2D eigenvalue weighted by atomic mass is 10.1. The van der Waals surface area contributed by atoms with Crippen LogP contribution in [-0.4, -0.2) is 58.9 Å². The van der Waals surface area contributed by atoms with Gasteiger partial charge in [-0.2, -0.15) is 0 Å². The number of barbiturate groups is 1. The SMILES string of the molecule is C[C@@H](Oc1ccc(C=C2C(=O)N(C)C(=O)N(C)C2=O)cc1)C(=O)O. The lowest BCUT2D eigenvalue weighted by Gasteiger charge is -2.28. The monoisotopic (exact) mass is 332 g/mol. The van der Waals surface area contributed by atoms with Crippen LogP contribution in [0.3, 0.4) is 0 Å². The lowest BCUT2D eigenvalue weighted by molar-refractivity contribution is -0.144. The predicted octanol–water partition coefficient (Wildman–Crippen LogP) is 0.972. The summed E-state index contributed by atoms with van der Waals surface area (Å²) in [5, 5.41) is 8.80. The summed E-state index contributed by atoms with van der Waals surface area (Å²) in [4.78, 5) is 48.3. The normalized spacial score (nSPS) is 16.3. The Balaban J connectivity index is 2.24. The number of nitrogens with zero attached hydrogens (tertiary/aromatic N) is 2. The number of ether oxygens (including phenoxy) is 1. The minimum Gasteiger partial charge on any atom is -0.479 e. The molecule has 4 amide bonds. The van der Waals surface area contributed by atoms with Gasteiger partial charge in [0, 0.05) is 14.1 Å². The molecule has 1 aliphatic rings. The summed E-state index contributed by atoms with van der Waals surface area (Å²) >= 11 is 0. The third-order valence-electron chi connectivity index (χ3n) is 3.50. The largest absolute Gasteiger partial charge is 0.479 e. The second-order valence-corrected chi connectivity index (χ2v) is 5.24. The van der Waals surface area contributed by atoms with E-state index in [-0.39, 0.29) is 5.57 Å². The van der Waals surface area contributed by atoms with Crippen molar-refractivity contribution in [1.29, 1.82) is 0 Å². The van der Waals surface area contributed by atoms with E-state index in [4.69, 9.17) is 9.84 Å². The highest BCUT2D eigenvalue weighted by atomic mass is 16.5. The van der Waals surface area contributed by atoms with Gasteiger partial charge < -0.3 is 9.84 Å². The highest BCUT2D eigenvalue weighted by Crippen LogP contribution is 2.20. The van der Waals surface area contributed by atoms with Crippen LogP contribution < -0.4 is 4.74 Å². The molecule has 1 aromatic rings. The van der Waals surface area contributed by atoms with Crippen LogP contribution in [-0.2, 0) is 14.4 Å². The van der Waals surface area contributed by atoms with Crippen LogP contribution >= 0.6 is 0 Å². The Morgan fingerprint density at radius 1 is 1.08 bits per heavy atom. The fourth-order valence-electron chi connectivity index (χ4n) is 2.04. The Morgan fingerprint density at radius 3 is 2.04 bits per heavy atom. The van der Waals surface area contributed by atoms with Crippen molar-refractivity contribution in [3.05, 3.63) is 35.4 Å². The topological polar surface area (TPSA) is 104 Å². The Bertz CT molecular complexity index is 711.